The van der Waals surface area contributed by atoms with E-state index in [2.05, 4.69) is 5.32 Å². The van der Waals surface area contributed by atoms with E-state index in [1.807, 2.05) is 24.3 Å². The van der Waals surface area contributed by atoms with Crippen LogP contribution in [0, 0.1) is 0 Å². The molecule has 0 amide bonds. The van der Waals surface area contributed by atoms with Gasteiger partial charge in [-0.05, 0) is 48.9 Å². The second-order valence-electron chi connectivity index (χ2n) is 5.21. The molecule has 0 aliphatic heterocycles. The fourth-order valence-corrected chi connectivity index (χ4v) is 5.02. The van der Waals surface area contributed by atoms with Crippen LogP contribution in [0.15, 0.2) is 53.4 Å². The molecule has 0 aromatic heterocycles. The lowest BCUT2D eigenvalue weighted by Crippen LogP contribution is -2.33. The fourth-order valence-electron chi connectivity index (χ4n) is 2.99. The zero-order valence-electron chi connectivity index (χ0n) is 11.6. The maximum atomic E-state index is 12.9. The van der Waals surface area contributed by atoms with Gasteiger partial charge in [-0.1, -0.05) is 35.9 Å². The van der Waals surface area contributed by atoms with Crippen LogP contribution in [0.4, 0.5) is 0 Å². The van der Waals surface area contributed by atoms with E-state index >= 15 is 0 Å². The summed E-state index contributed by atoms with van der Waals surface area (Å²) < 4.78 is 25.8. The molecule has 2 aromatic carbocycles. The minimum absolute atomic E-state index is 0.179. The lowest BCUT2D eigenvalue weighted by molar-refractivity contribution is 0.536. The molecule has 0 radical (unpaired) electrons. The molecule has 3 rings (SSSR count). The quantitative estimate of drug-likeness (QED) is 0.945. The third-order valence-electron chi connectivity index (χ3n) is 4.03. The maximum absolute atomic E-state index is 12.9. The topological polar surface area (TPSA) is 46.2 Å². The largest absolute Gasteiger partial charge is 0.312 e. The van der Waals surface area contributed by atoms with E-state index < -0.39 is 15.1 Å². The van der Waals surface area contributed by atoms with E-state index in [9.17, 15) is 8.42 Å². The Morgan fingerprint density at radius 1 is 1.10 bits per heavy atom. The third-order valence-corrected chi connectivity index (χ3v) is 6.45. The van der Waals surface area contributed by atoms with Gasteiger partial charge in [-0.15, -0.1) is 0 Å². The van der Waals surface area contributed by atoms with Crippen LogP contribution in [0.25, 0.3) is 0 Å². The van der Waals surface area contributed by atoms with E-state index in [4.69, 9.17) is 11.6 Å². The molecule has 0 saturated carbocycles. The predicted molar refractivity (Wildman–Crippen MR) is 84.4 cm³/mol. The van der Waals surface area contributed by atoms with Gasteiger partial charge in [-0.25, -0.2) is 8.42 Å². The Bertz CT molecular complexity index is 756. The van der Waals surface area contributed by atoms with Gasteiger partial charge in [0.05, 0.1) is 10.1 Å². The molecule has 0 spiro atoms. The zero-order chi connectivity index (χ0) is 15.0. The smallest absolute Gasteiger partial charge is 0.183 e. The van der Waals surface area contributed by atoms with Crippen molar-refractivity contribution in [1.29, 1.82) is 0 Å². The third kappa shape index (κ3) is 2.48. The van der Waals surface area contributed by atoms with Crippen LogP contribution in [-0.4, -0.2) is 20.7 Å². The van der Waals surface area contributed by atoms with Crippen LogP contribution < -0.4 is 5.32 Å². The Balaban J connectivity index is 2.03. The maximum Gasteiger partial charge on any atom is 0.183 e. The summed E-state index contributed by atoms with van der Waals surface area (Å²) >= 11 is 5.84. The van der Waals surface area contributed by atoms with Gasteiger partial charge in [-0.2, -0.15) is 0 Å². The van der Waals surface area contributed by atoms with Crippen LogP contribution >= 0.6 is 11.6 Å². The van der Waals surface area contributed by atoms with Gasteiger partial charge in [0.25, 0.3) is 0 Å². The highest BCUT2D eigenvalue weighted by atomic mass is 35.5. The molecule has 5 heteroatoms. The SMILES string of the molecule is CNC1c2ccccc2CC1S(=O)(=O)c1ccc(Cl)cc1. The van der Waals surface area contributed by atoms with Gasteiger partial charge in [0.15, 0.2) is 9.84 Å². The Labute approximate surface area is 129 Å². The number of fused-ring (bicyclic) bond motifs is 1. The summed E-state index contributed by atoms with van der Waals surface area (Å²) in [5.41, 5.74) is 2.17. The van der Waals surface area contributed by atoms with E-state index in [1.54, 1.807) is 31.3 Å². The van der Waals surface area contributed by atoms with Crippen LogP contribution in [0.1, 0.15) is 17.2 Å². The highest BCUT2D eigenvalue weighted by Gasteiger charge is 2.40. The van der Waals surface area contributed by atoms with Crippen molar-refractivity contribution in [1.82, 2.24) is 5.32 Å². The fraction of sp³-hybridized carbons (Fsp3) is 0.250. The second-order valence-corrected chi connectivity index (χ2v) is 7.81. The number of hydrogen-bond donors (Lipinski definition) is 1. The first-order valence-corrected chi connectivity index (χ1v) is 8.71. The molecule has 2 atom stereocenters. The Kier molecular flexibility index (Phi) is 3.78. The zero-order valence-corrected chi connectivity index (χ0v) is 13.2. The van der Waals surface area contributed by atoms with E-state index in [0.717, 1.165) is 11.1 Å². The van der Waals surface area contributed by atoms with Crippen LogP contribution in [0.3, 0.4) is 0 Å². The molecular formula is C16H16ClNO2S. The molecule has 110 valence electrons. The molecule has 1 aliphatic carbocycles. The Hall–Kier alpha value is -1.36. The Morgan fingerprint density at radius 3 is 2.43 bits per heavy atom. The highest BCUT2D eigenvalue weighted by molar-refractivity contribution is 7.92. The lowest BCUT2D eigenvalue weighted by Gasteiger charge is -2.20. The van der Waals surface area contributed by atoms with Crippen molar-refractivity contribution in [3.63, 3.8) is 0 Å². The first kappa shape index (κ1) is 14.6. The molecule has 0 bridgehead atoms. The van der Waals surface area contributed by atoms with Gasteiger partial charge in [0, 0.05) is 11.1 Å². The van der Waals surface area contributed by atoms with Crippen LogP contribution in [0.2, 0.25) is 5.02 Å². The van der Waals surface area contributed by atoms with Gasteiger partial charge in [-0.3, -0.25) is 0 Å². The van der Waals surface area contributed by atoms with Crippen molar-refractivity contribution >= 4 is 21.4 Å². The average molecular weight is 322 g/mol. The number of nitrogens with one attached hydrogen (secondary N) is 1. The first-order valence-electron chi connectivity index (χ1n) is 6.78. The number of sulfone groups is 1. The van der Waals surface area contributed by atoms with Crippen LogP contribution in [-0.2, 0) is 16.3 Å². The van der Waals surface area contributed by atoms with E-state index in [0.29, 0.717) is 16.3 Å². The molecule has 1 aliphatic rings. The monoisotopic (exact) mass is 321 g/mol. The van der Waals surface area contributed by atoms with Gasteiger partial charge < -0.3 is 5.32 Å². The normalized spacial score (nSPS) is 21.2. The standard InChI is InChI=1S/C16H16ClNO2S/c1-18-16-14-5-3-2-4-11(14)10-15(16)21(19,20)13-8-6-12(17)7-9-13/h2-9,15-16,18H,10H2,1H3. The minimum atomic E-state index is -3.41. The molecule has 2 unspecified atom stereocenters. The van der Waals surface area contributed by atoms with Gasteiger partial charge in [0.2, 0.25) is 0 Å². The summed E-state index contributed by atoms with van der Waals surface area (Å²) in [7, 11) is -1.60. The summed E-state index contributed by atoms with van der Waals surface area (Å²) in [5, 5.41) is 3.20. The average Bonchev–Trinajstić information content (AvgIpc) is 2.87. The van der Waals surface area contributed by atoms with Crippen molar-refractivity contribution < 1.29 is 8.42 Å². The second kappa shape index (κ2) is 5.44. The first-order chi connectivity index (χ1) is 10.0. The van der Waals surface area contributed by atoms with Crippen molar-refractivity contribution in [2.45, 2.75) is 22.6 Å². The van der Waals surface area contributed by atoms with Crippen LogP contribution in [0.5, 0.6) is 0 Å². The number of halogens is 1. The number of hydrogen-bond acceptors (Lipinski definition) is 3. The van der Waals surface area contributed by atoms with Crippen molar-refractivity contribution in [2.24, 2.45) is 0 Å². The Morgan fingerprint density at radius 2 is 1.76 bits per heavy atom. The predicted octanol–water partition coefficient (Wildman–Crippen LogP) is 3.00. The van der Waals surface area contributed by atoms with E-state index in [1.165, 1.54) is 0 Å². The summed E-state index contributed by atoms with van der Waals surface area (Å²) in [6.07, 6.45) is 0.534. The summed E-state index contributed by atoms with van der Waals surface area (Å²) in [6, 6.07) is 14.1. The highest BCUT2D eigenvalue weighted by Crippen LogP contribution is 2.37. The van der Waals surface area contributed by atoms with Crippen molar-refractivity contribution in [2.75, 3.05) is 7.05 Å². The lowest BCUT2D eigenvalue weighted by atomic mass is 10.1. The molecule has 3 nitrogen and oxygen atoms in total. The molecular weight excluding hydrogens is 306 g/mol. The summed E-state index contributed by atoms with van der Waals surface area (Å²) in [4.78, 5) is 0.324. The molecule has 0 saturated heterocycles. The summed E-state index contributed by atoms with van der Waals surface area (Å²) in [5.74, 6) is 0. The number of benzene rings is 2. The van der Waals surface area contributed by atoms with Crippen molar-refractivity contribution in [3.8, 4) is 0 Å². The number of rotatable bonds is 3. The molecule has 2 aromatic rings. The molecule has 21 heavy (non-hydrogen) atoms. The molecule has 0 fully saturated rings. The summed E-state index contributed by atoms with van der Waals surface area (Å²) in [6.45, 7) is 0. The minimum Gasteiger partial charge on any atom is -0.312 e. The van der Waals surface area contributed by atoms with Gasteiger partial charge >= 0.3 is 0 Å². The molecule has 1 N–H and O–H groups in total. The van der Waals surface area contributed by atoms with E-state index in [-0.39, 0.29) is 6.04 Å². The van der Waals surface area contributed by atoms with Gasteiger partial charge in [0.1, 0.15) is 0 Å². The van der Waals surface area contributed by atoms with Crippen molar-refractivity contribution in [3.05, 3.63) is 64.7 Å². The molecule has 0 heterocycles.